The molecular weight excluding hydrogens is 431 g/mol. The maximum atomic E-state index is 13.3. The Morgan fingerprint density at radius 2 is 1.76 bits per heavy atom. The standard InChI is InChI=1S/C26H25FN6O/c1-34-24-8-2-19(3-9-24)18-33-26(29-30-31-33)25(22-10-14-28-15-11-22)32-16-12-21(13-17-32)20-4-6-23(27)7-5-20/h2-12,14-15,25H,13,16-18H2,1H3/t25-/m0/s1. The highest BCUT2D eigenvalue weighted by molar-refractivity contribution is 5.66. The number of pyridine rings is 1. The van der Waals surface area contributed by atoms with Crippen LogP contribution >= 0.6 is 0 Å². The fourth-order valence-electron chi connectivity index (χ4n) is 4.34. The summed E-state index contributed by atoms with van der Waals surface area (Å²) in [6.45, 7) is 2.11. The lowest BCUT2D eigenvalue weighted by Gasteiger charge is -2.33. The van der Waals surface area contributed by atoms with Crippen molar-refractivity contribution in [2.45, 2.75) is 19.0 Å². The monoisotopic (exact) mass is 456 g/mol. The lowest BCUT2D eigenvalue weighted by Crippen LogP contribution is -2.35. The van der Waals surface area contributed by atoms with Crippen molar-refractivity contribution in [3.05, 3.63) is 107 Å². The Hall–Kier alpha value is -3.91. The van der Waals surface area contributed by atoms with Gasteiger partial charge in [-0.3, -0.25) is 9.88 Å². The zero-order valence-corrected chi connectivity index (χ0v) is 18.9. The number of tetrazole rings is 1. The summed E-state index contributed by atoms with van der Waals surface area (Å²) >= 11 is 0. The van der Waals surface area contributed by atoms with Crippen LogP contribution in [0.3, 0.4) is 0 Å². The van der Waals surface area contributed by atoms with Gasteiger partial charge >= 0.3 is 0 Å². The van der Waals surface area contributed by atoms with Crippen LogP contribution in [0.15, 0.2) is 79.1 Å². The first-order valence-corrected chi connectivity index (χ1v) is 11.2. The minimum atomic E-state index is -0.219. The second kappa shape index (κ2) is 9.93. The first-order chi connectivity index (χ1) is 16.7. The molecule has 34 heavy (non-hydrogen) atoms. The molecule has 172 valence electrons. The average Bonchev–Trinajstić information content (AvgIpc) is 3.34. The van der Waals surface area contributed by atoms with E-state index in [9.17, 15) is 4.39 Å². The maximum Gasteiger partial charge on any atom is 0.173 e. The van der Waals surface area contributed by atoms with Crippen molar-refractivity contribution < 1.29 is 9.13 Å². The number of methoxy groups -OCH3 is 1. The number of halogens is 1. The summed E-state index contributed by atoms with van der Waals surface area (Å²) < 4.78 is 20.5. The van der Waals surface area contributed by atoms with Crippen molar-refractivity contribution in [3.8, 4) is 5.75 Å². The third-order valence-corrected chi connectivity index (χ3v) is 6.14. The molecule has 2 aromatic heterocycles. The van der Waals surface area contributed by atoms with E-state index >= 15 is 0 Å². The highest BCUT2D eigenvalue weighted by Gasteiger charge is 2.29. The molecule has 0 saturated heterocycles. The summed E-state index contributed by atoms with van der Waals surface area (Å²) in [5.41, 5.74) is 4.45. The average molecular weight is 457 g/mol. The van der Waals surface area contributed by atoms with Crippen LogP contribution in [0.5, 0.6) is 5.75 Å². The third kappa shape index (κ3) is 4.72. The Kier molecular flexibility index (Phi) is 6.40. The van der Waals surface area contributed by atoms with Crippen LogP contribution in [-0.4, -0.2) is 50.3 Å². The van der Waals surface area contributed by atoms with Gasteiger partial charge in [-0.25, -0.2) is 9.07 Å². The summed E-state index contributed by atoms with van der Waals surface area (Å²) in [5, 5.41) is 12.7. The van der Waals surface area contributed by atoms with E-state index < -0.39 is 0 Å². The molecule has 4 aromatic rings. The van der Waals surface area contributed by atoms with Crippen LogP contribution in [0.1, 0.15) is 35.0 Å². The molecule has 0 bridgehead atoms. The van der Waals surface area contributed by atoms with Crippen LogP contribution in [-0.2, 0) is 6.54 Å². The summed E-state index contributed by atoms with van der Waals surface area (Å²) in [4.78, 5) is 6.55. The van der Waals surface area contributed by atoms with Crippen LogP contribution in [0, 0.1) is 5.82 Å². The summed E-state index contributed by atoms with van der Waals surface area (Å²) in [6.07, 6.45) is 6.66. The second-order valence-corrected chi connectivity index (χ2v) is 8.21. The predicted octanol–water partition coefficient (Wildman–Crippen LogP) is 4.14. The molecule has 0 N–H and O–H groups in total. The largest absolute Gasteiger partial charge is 0.497 e. The first-order valence-electron chi connectivity index (χ1n) is 11.2. The smallest absolute Gasteiger partial charge is 0.173 e. The second-order valence-electron chi connectivity index (χ2n) is 8.21. The van der Waals surface area contributed by atoms with Crippen LogP contribution in [0.25, 0.3) is 5.57 Å². The van der Waals surface area contributed by atoms with Gasteiger partial charge in [0.05, 0.1) is 19.7 Å². The summed E-state index contributed by atoms with van der Waals surface area (Å²) in [7, 11) is 1.66. The quantitative estimate of drug-likeness (QED) is 0.416. The molecule has 1 aliphatic heterocycles. The molecule has 2 aromatic carbocycles. The van der Waals surface area contributed by atoms with Crippen molar-refractivity contribution in [1.29, 1.82) is 0 Å². The van der Waals surface area contributed by atoms with Crippen LogP contribution in [0.4, 0.5) is 4.39 Å². The number of benzene rings is 2. The van der Waals surface area contributed by atoms with Gasteiger partial charge in [0.2, 0.25) is 0 Å². The first kappa shape index (κ1) is 21.9. The highest BCUT2D eigenvalue weighted by atomic mass is 19.1. The van der Waals surface area contributed by atoms with E-state index in [4.69, 9.17) is 4.74 Å². The lowest BCUT2D eigenvalue weighted by molar-refractivity contribution is 0.235. The number of ether oxygens (including phenoxy) is 1. The molecule has 0 amide bonds. The Bertz CT molecular complexity index is 1250. The number of aromatic nitrogens is 5. The molecule has 0 radical (unpaired) electrons. The van der Waals surface area contributed by atoms with Crippen LogP contribution in [0.2, 0.25) is 0 Å². The fraction of sp³-hybridized carbons (Fsp3) is 0.231. The van der Waals surface area contributed by atoms with Gasteiger partial charge in [-0.05, 0) is 75.5 Å². The Balaban J connectivity index is 1.43. The maximum absolute atomic E-state index is 13.3. The molecule has 0 unspecified atom stereocenters. The van der Waals surface area contributed by atoms with E-state index in [0.29, 0.717) is 6.54 Å². The Morgan fingerprint density at radius 3 is 2.44 bits per heavy atom. The highest BCUT2D eigenvalue weighted by Crippen LogP contribution is 2.32. The molecule has 0 fully saturated rings. The van der Waals surface area contributed by atoms with E-state index in [-0.39, 0.29) is 11.9 Å². The SMILES string of the molecule is COc1ccc(Cn2nnnc2[C@H](c2ccncc2)N2CC=C(c3ccc(F)cc3)CC2)cc1. The molecule has 0 aliphatic carbocycles. The van der Waals surface area contributed by atoms with Gasteiger partial charge in [-0.1, -0.05) is 30.3 Å². The molecule has 0 spiro atoms. The van der Waals surface area contributed by atoms with Gasteiger partial charge in [0.15, 0.2) is 5.82 Å². The Labute approximate surface area is 197 Å². The van der Waals surface area contributed by atoms with Gasteiger partial charge in [-0.15, -0.1) is 5.10 Å². The van der Waals surface area contributed by atoms with Gasteiger partial charge in [0.25, 0.3) is 0 Å². The van der Waals surface area contributed by atoms with Gasteiger partial charge in [-0.2, -0.15) is 0 Å². The van der Waals surface area contributed by atoms with Crippen molar-refractivity contribution in [1.82, 2.24) is 30.1 Å². The molecule has 8 heteroatoms. The molecule has 3 heterocycles. The third-order valence-electron chi connectivity index (χ3n) is 6.14. The lowest BCUT2D eigenvalue weighted by atomic mass is 9.97. The topological polar surface area (TPSA) is 69.0 Å². The van der Waals surface area contributed by atoms with Crippen molar-refractivity contribution >= 4 is 5.57 Å². The van der Waals surface area contributed by atoms with E-state index in [2.05, 4.69) is 31.5 Å². The summed E-state index contributed by atoms with van der Waals surface area (Å²) in [5.74, 6) is 1.37. The van der Waals surface area contributed by atoms with Crippen LogP contribution < -0.4 is 4.74 Å². The minimum absolute atomic E-state index is 0.123. The molecule has 1 aliphatic rings. The molecule has 0 saturated carbocycles. The number of hydrogen-bond donors (Lipinski definition) is 0. The van der Waals surface area contributed by atoms with E-state index in [1.807, 2.05) is 53.2 Å². The predicted molar refractivity (Wildman–Crippen MR) is 127 cm³/mol. The fourth-order valence-corrected chi connectivity index (χ4v) is 4.34. The number of nitrogens with zero attached hydrogens (tertiary/aromatic N) is 6. The minimum Gasteiger partial charge on any atom is -0.497 e. The van der Waals surface area contributed by atoms with Gasteiger partial charge in [0.1, 0.15) is 11.6 Å². The van der Waals surface area contributed by atoms with E-state index in [1.165, 1.54) is 17.7 Å². The summed E-state index contributed by atoms with van der Waals surface area (Å²) in [6, 6.07) is 18.5. The number of rotatable bonds is 7. The Morgan fingerprint density at radius 1 is 1.00 bits per heavy atom. The molecule has 7 nitrogen and oxygen atoms in total. The van der Waals surface area contributed by atoms with Gasteiger partial charge < -0.3 is 4.74 Å². The molecular formula is C26H25FN6O. The zero-order chi connectivity index (χ0) is 23.3. The molecule has 1 atom stereocenters. The van der Waals surface area contributed by atoms with Crippen molar-refractivity contribution in [2.24, 2.45) is 0 Å². The zero-order valence-electron chi connectivity index (χ0n) is 18.9. The van der Waals surface area contributed by atoms with E-state index in [1.54, 1.807) is 19.5 Å². The van der Waals surface area contributed by atoms with Gasteiger partial charge in [0, 0.05) is 25.5 Å². The van der Waals surface area contributed by atoms with Crippen molar-refractivity contribution in [2.75, 3.05) is 20.2 Å². The van der Waals surface area contributed by atoms with E-state index in [0.717, 1.165) is 47.8 Å². The number of hydrogen-bond acceptors (Lipinski definition) is 6. The van der Waals surface area contributed by atoms with Crippen molar-refractivity contribution in [3.63, 3.8) is 0 Å². The molecule has 5 rings (SSSR count). The normalized spacial score (nSPS) is 15.1.